The van der Waals surface area contributed by atoms with Gasteiger partial charge in [0.15, 0.2) is 12.3 Å². The van der Waals surface area contributed by atoms with Crippen LogP contribution in [0.3, 0.4) is 0 Å². The minimum absolute atomic E-state index is 0.0569. The summed E-state index contributed by atoms with van der Waals surface area (Å²) in [5.41, 5.74) is 6.25. The molecule has 1 amide bonds. The first-order chi connectivity index (χ1) is 15.9. The van der Waals surface area contributed by atoms with E-state index in [1.807, 2.05) is 63.2 Å². The van der Waals surface area contributed by atoms with E-state index in [1.165, 1.54) is 5.56 Å². The standard InChI is InChI=1S/C26H29N3O4/c1-5-32-26(31)25-22-15-28(24(30)16-33-21-11-8-18(3)19(4)14-21)13-12-23(22)29(27-25)20-9-6-17(2)7-10-20/h6-11,14H,5,12-13,15-16H2,1-4H3. The average molecular weight is 448 g/mol. The number of carbonyl (C=O) groups is 2. The number of carbonyl (C=O) groups excluding carboxylic acids is 2. The summed E-state index contributed by atoms with van der Waals surface area (Å²) >= 11 is 0. The molecule has 7 heteroatoms. The van der Waals surface area contributed by atoms with Gasteiger partial charge in [-0.2, -0.15) is 5.10 Å². The van der Waals surface area contributed by atoms with E-state index in [-0.39, 0.29) is 24.8 Å². The molecule has 2 aromatic carbocycles. The van der Waals surface area contributed by atoms with Crippen molar-refractivity contribution in [2.75, 3.05) is 19.8 Å². The zero-order valence-electron chi connectivity index (χ0n) is 19.6. The second-order valence-corrected chi connectivity index (χ2v) is 8.34. The Morgan fingerprint density at radius 1 is 1.03 bits per heavy atom. The van der Waals surface area contributed by atoms with Gasteiger partial charge in [0.05, 0.1) is 24.5 Å². The van der Waals surface area contributed by atoms with Gasteiger partial charge < -0.3 is 14.4 Å². The summed E-state index contributed by atoms with van der Waals surface area (Å²) in [6.07, 6.45) is 0.588. The number of hydrogen-bond acceptors (Lipinski definition) is 5. The molecule has 0 radical (unpaired) electrons. The van der Waals surface area contributed by atoms with Crippen LogP contribution < -0.4 is 4.74 Å². The first-order valence-corrected chi connectivity index (χ1v) is 11.2. The number of hydrogen-bond donors (Lipinski definition) is 0. The van der Waals surface area contributed by atoms with Crippen LogP contribution in [-0.4, -0.2) is 46.3 Å². The van der Waals surface area contributed by atoms with Crippen molar-refractivity contribution in [3.05, 3.63) is 76.1 Å². The van der Waals surface area contributed by atoms with Crippen molar-refractivity contribution in [3.8, 4) is 11.4 Å². The van der Waals surface area contributed by atoms with Gasteiger partial charge in [-0.3, -0.25) is 4.79 Å². The fraction of sp³-hybridized carbons (Fsp3) is 0.346. The van der Waals surface area contributed by atoms with Gasteiger partial charge in [-0.15, -0.1) is 0 Å². The van der Waals surface area contributed by atoms with E-state index in [1.54, 1.807) is 16.5 Å². The van der Waals surface area contributed by atoms with Crippen molar-refractivity contribution >= 4 is 11.9 Å². The molecule has 0 fully saturated rings. The highest BCUT2D eigenvalue weighted by atomic mass is 16.5. The van der Waals surface area contributed by atoms with Gasteiger partial charge in [-0.25, -0.2) is 9.48 Å². The molecule has 7 nitrogen and oxygen atoms in total. The van der Waals surface area contributed by atoms with Crippen LogP contribution in [0.15, 0.2) is 42.5 Å². The monoisotopic (exact) mass is 447 g/mol. The quantitative estimate of drug-likeness (QED) is 0.535. The Bertz CT molecular complexity index is 1180. The molecule has 3 aromatic rings. The highest BCUT2D eigenvalue weighted by Crippen LogP contribution is 2.26. The number of aryl methyl sites for hydroxylation is 3. The summed E-state index contributed by atoms with van der Waals surface area (Å²) in [6.45, 7) is 8.87. The molecule has 2 heterocycles. The van der Waals surface area contributed by atoms with Crippen molar-refractivity contribution in [1.29, 1.82) is 0 Å². The van der Waals surface area contributed by atoms with E-state index in [2.05, 4.69) is 5.10 Å². The van der Waals surface area contributed by atoms with Crippen molar-refractivity contribution < 1.29 is 19.1 Å². The van der Waals surface area contributed by atoms with Crippen LogP contribution in [0, 0.1) is 20.8 Å². The first-order valence-electron chi connectivity index (χ1n) is 11.2. The molecule has 0 N–H and O–H groups in total. The van der Waals surface area contributed by atoms with Crippen LogP contribution in [0.4, 0.5) is 0 Å². The molecule has 0 aliphatic carbocycles. The third-order valence-electron chi connectivity index (χ3n) is 6.00. The number of nitrogens with zero attached hydrogens (tertiary/aromatic N) is 3. The second kappa shape index (κ2) is 9.48. The molecule has 1 aliphatic rings. The smallest absolute Gasteiger partial charge is 0.359 e. The first kappa shape index (κ1) is 22.6. The molecular formula is C26H29N3O4. The summed E-state index contributed by atoms with van der Waals surface area (Å²) in [6, 6.07) is 13.8. The summed E-state index contributed by atoms with van der Waals surface area (Å²) < 4.78 is 12.8. The fourth-order valence-corrected chi connectivity index (χ4v) is 3.93. The third-order valence-corrected chi connectivity index (χ3v) is 6.00. The van der Waals surface area contributed by atoms with E-state index in [0.29, 0.717) is 25.3 Å². The predicted molar refractivity (Wildman–Crippen MR) is 125 cm³/mol. The Balaban J connectivity index is 1.56. The molecule has 0 atom stereocenters. The molecule has 1 aromatic heterocycles. The summed E-state index contributed by atoms with van der Waals surface area (Å²) in [7, 11) is 0. The van der Waals surface area contributed by atoms with Crippen molar-refractivity contribution in [3.63, 3.8) is 0 Å². The lowest BCUT2D eigenvalue weighted by atomic mass is 10.0. The lowest BCUT2D eigenvalue weighted by molar-refractivity contribution is -0.134. The Morgan fingerprint density at radius 3 is 2.48 bits per heavy atom. The Labute approximate surface area is 193 Å². The number of benzene rings is 2. The largest absolute Gasteiger partial charge is 0.484 e. The summed E-state index contributed by atoms with van der Waals surface area (Å²) in [5, 5.41) is 4.59. The number of esters is 1. The Hall–Kier alpha value is -3.61. The van der Waals surface area contributed by atoms with Gasteiger partial charge in [-0.1, -0.05) is 23.8 Å². The topological polar surface area (TPSA) is 73.7 Å². The molecule has 172 valence electrons. The minimum atomic E-state index is -0.472. The maximum atomic E-state index is 12.9. The fourth-order valence-electron chi connectivity index (χ4n) is 3.93. The molecular weight excluding hydrogens is 418 g/mol. The van der Waals surface area contributed by atoms with Crippen LogP contribution >= 0.6 is 0 Å². The van der Waals surface area contributed by atoms with Crippen LogP contribution in [0.1, 0.15) is 45.4 Å². The molecule has 0 bridgehead atoms. The van der Waals surface area contributed by atoms with Gasteiger partial charge in [-0.05, 0) is 63.1 Å². The SMILES string of the molecule is CCOC(=O)c1nn(-c2ccc(C)cc2)c2c1CN(C(=O)COc1ccc(C)c(C)c1)CC2. The number of aromatic nitrogens is 2. The zero-order valence-corrected chi connectivity index (χ0v) is 19.6. The zero-order chi connectivity index (χ0) is 23.5. The number of amides is 1. The highest BCUT2D eigenvalue weighted by molar-refractivity contribution is 5.90. The maximum absolute atomic E-state index is 12.9. The van der Waals surface area contributed by atoms with E-state index in [0.717, 1.165) is 28.1 Å². The van der Waals surface area contributed by atoms with Gasteiger partial charge >= 0.3 is 5.97 Å². The van der Waals surface area contributed by atoms with Crippen molar-refractivity contribution in [2.45, 2.75) is 40.7 Å². The van der Waals surface area contributed by atoms with Gasteiger partial charge in [0.25, 0.3) is 5.91 Å². The van der Waals surface area contributed by atoms with Gasteiger partial charge in [0.2, 0.25) is 0 Å². The summed E-state index contributed by atoms with van der Waals surface area (Å²) in [5.74, 6) is 0.0700. The number of ether oxygens (including phenoxy) is 2. The van der Waals surface area contributed by atoms with E-state index >= 15 is 0 Å². The van der Waals surface area contributed by atoms with E-state index in [4.69, 9.17) is 9.47 Å². The molecule has 0 unspecified atom stereocenters. The molecule has 0 saturated carbocycles. The van der Waals surface area contributed by atoms with Crippen molar-refractivity contribution in [1.82, 2.24) is 14.7 Å². The predicted octanol–water partition coefficient (Wildman–Crippen LogP) is 3.94. The lowest BCUT2D eigenvalue weighted by Gasteiger charge is -2.28. The highest BCUT2D eigenvalue weighted by Gasteiger charge is 2.31. The molecule has 1 aliphatic heterocycles. The molecule has 33 heavy (non-hydrogen) atoms. The van der Waals surface area contributed by atoms with E-state index < -0.39 is 5.97 Å². The normalized spacial score (nSPS) is 12.9. The molecule has 0 saturated heterocycles. The lowest BCUT2D eigenvalue weighted by Crippen LogP contribution is -2.39. The Morgan fingerprint density at radius 2 is 1.79 bits per heavy atom. The summed E-state index contributed by atoms with van der Waals surface area (Å²) in [4.78, 5) is 27.3. The Kier molecular flexibility index (Phi) is 6.49. The molecule has 4 rings (SSSR count). The van der Waals surface area contributed by atoms with Gasteiger partial charge in [0, 0.05) is 18.5 Å². The van der Waals surface area contributed by atoms with Crippen LogP contribution in [0.5, 0.6) is 5.75 Å². The molecule has 0 spiro atoms. The maximum Gasteiger partial charge on any atom is 0.359 e. The number of rotatable bonds is 6. The van der Waals surface area contributed by atoms with Gasteiger partial charge in [0.1, 0.15) is 5.75 Å². The third kappa shape index (κ3) is 4.77. The second-order valence-electron chi connectivity index (χ2n) is 8.34. The van der Waals surface area contributed by atoms with Crippen LogP contribution in [0.25, 0.3) is 5.69 Å². The number of fused-ring (bicyclic) bond motifs is 1. The average Bonchev–Trinajstić information content (AvgIpc) is 3.19. The van der Waals surface area contributed by atoms with Crippen LogP contribution in [0.2, 0.25) is 0 Å². The van der Waals surface area contributed by atoms with Crippen molar-refractivity contribution in [2.24, 2.45) is 0 Å². The van der Waals surface area contributed by atoms with Crippen LogP contribution in [-0.2, 0) is 22.5 Å². The van der Waals surface area contributed by atoms with E-state index in [9.17, 15) is 9.59 Å². The minimum Gasteiger partial charge on any atom is -0.484 e.